The Labute approximate surface area is 109 Å². The average Bonchev–Trinajstić information content (AvgIpc) is 2.77. The van der Waals surface area contributed by atoms with Crippen LogP contribution in [-0.4, -0.2) is 48.3 Å². The van der Waals surface area contributed by atoms with Gasteiger partial charge in [-0.25, -0.2) is 4.39 Å². The Morgan fingerprint density at radius 1 is 1.56 bits per heavy atom. The molecule has 1 aliphatic heterocycles. The zero-order valence-corrected chi connectivity index (χ0v) is 10.5. The fraction of sp³-hybridized carbons (Fsp3) is 0.417. The molecule has 2 rings (SSSR count). The number of halogens is 2. The summed E-state index contributed by atoms with van der Waals surface area (Å²) >= 11 is 5.63. The van der Waals surface area contributed by atoms with Crippen molar-refractivity contribution in [2.24, 2.45) is 0 Å². The van der Waals surface area contributed by atoms with Gasteiger partial charge in [0.25, 0.3) is 5.91 Å². The van der Waals surface area contributed by atoms with Crippen LogP contribution in [0.15, 0.2) is 18.2 Å². The van der Waals surface area contributed by atoms with Crippen molar-refractivity contribution in [3.8, 4) is 0 Å². The Hall–Kier alpha value is -1.17. The zero-order chi connectivity index (χ0) is 13.3. The number of aliphatic hydroxyl groups excluding tert-OH is 1. The van der Waals surface area contributed by atoms with Gasteiger partial charge in [-0.2, -0.15) is 0 Å². The third kappa shape index (κ3) is 2.48. The van der Waals surface area contributed by atoms with Crippen molar-refractivity contribution < 1.29 is 19.0 Å². The second kappa shape index (κ2) is 5.22. The van der Waals surface area contributed by atoms with Crippen LogP contribution in [0.4, 0.5) is 4.39 Å². The van der Waals surface area contributed by atoms with Crippen molar-refractivity contribution in [2.45, 2.75) is 12.1 Å². The molecule has 1 amide bonds. The first-order chi connectivity index (χ1) is 8.50. The molecule has 1 aliphatic rings. The predicted molar refractivity (Wildman–Crippen MR) is 64.1 cm³/mol. The molecular weight excluding hydrogens is 261 g/mol. The number of likely N-dealkylation sites (N-methyl/N-ethyl adjacent to an activating group) is 1. The van der Waals surface area contributed by atoms with E-state index < -0.39 is 11.9 Å². The fourth-order valence-electron chi connectivity index (χ4n) is 1.89. The van der Waals surface area contributed by atoms with Gasteiger partial charge in [0, 0.05) is 12.6 Å². The zero-order valence-electron chi connectivity index (χ0n) is 9.77. The topological polar surface area (TPSA) is 49.8 Å². The molecule has 0 radical (unpaired) electrons. The van der Waals surface area contributed by atoms with Crippen LogP contribution >= 0.6 is 11.6 Å². The smallest absolute Gasteiger partial charge is 0.254 e. The average molecular weight is 274 g/mol. The van der Waals surface area contributed by atoms with E-state index in [-0.39, 0.29) is 29.1 Å². The number of carbonyl (C=O) groups is 1. The molecule has 0 unspecified atom stereocenters. The fourth-order valence-corrected chi connectivity index (χ4v) is 2.07. The molecule has 4 nitrogen and oxygen atoms in total. The summed E-state index contributed by atoms with van der Waals surface area (Å²) in [4.78, 5) is 13.5. The van der Waals surface area contributed by atoms with E-state index in [1.807, 2.05) is 0 Å². The quantitative estimate of drug-likeness (QED) is 0.884. The number of rotatable bonds is 2. The predicted octanol–water partition coefficient (Wildman–Crippen LogP) is 1.31. The van der Waals surface area contributed by atoms with Crippen LogP contribution in [0.3, 0.4) is 0 Å². The largest absolute Gasteiger partial charge is 0.388 e. The van der Waals surface area contributed by atoms with Gasteiger partial charge in [0.15, 0.2) is 0 Å². The van der Waals surface area contributed by atoms with Crippen molar-refractivity contribution in [3.63, 3.8) is 0 Å². The van der Waals surface area contributed by atoms with Gasteiger partial charge in [-0.3, -0.25) is 4.79 Å². The summed E-state index contributed by atoms with van der Waals surface area (Å²) in [6.07, 6.45) is -0.699. The van der Waals surface area contributed by atoms with Gasteiger partial charge in [0.1, 0.15) is 5.82 Å². The standard InChI is InChI=1S/C12H13ClFNO3/c1-15(10-5-18-6-11(10)16)12(17)7-2-3-9(14)8(13)4-7/h2-4,10-11,16H,5-6H2,1H3/t10-,11-/m1/s1. The van der Waals surface area contributed by atoms with Gasteiger partial charge >= 0.3 is 0 Å². The molecule has 1 aromatic rings. The highest BCUT2D eigenvalue weighted by atomic mass is 35.5. The van der Waals surface area contributed by atoms with Crippen molar-refractivity contribution in [1.82, 2.24) is 4.90 Å². The molecule has 0 bridgehead atoms. The molecule has 0 aliphatic carbocycles. The first-order valence-electron chi connectivity index (χ1n) is 5.48. The highest BCUT2D eigenvalue weighted by molar-refractivity contribution is 6.31. The number of amides is 1. The first-order valence-corrected chi connectivity index (χ1v) is 5.86. The maximum atomic E-state index is 13.0. The Morgan fingerprint density at radius 3 is 2.83 bits per heavy atom. The van der Waals surface area contributed by atoms with Crippen LogP contribution in [0, 0.1) is 5.82 Å². The number of hydrogen-bond donors (Lipinski definition) is 1. The molecule has 6 heteroatoms. The third-order valence-corrected chi connectivity index (χ3v) is 3.30. The van der Waals surface area contributed by atoms with E-state index in [9.17, 15) is 14.3 Å². The molecule has 2 atom stereocenters. The Morgan fingerprint density at radius 2 is 2.28 bits per heavy atom. The second-order valence-corrected chi connectivity index (χ2v) is 4.62. The summed E-state index contributed by atoms with van der Waals surface area (Å²) in [6.45, 7) is 0.505. The van der Waals surface area contributed by atoms with Crippen LogP contribution in [0.1, 0.15) is 10.4 Å². The summed E-state index contributed by atoms with van der Waals surface area (Å²) in [5, 5.41) is 9.55. The van der Waals surface area contributed by atoms with Gasteiger partial charge in [-0.15, -0.1) is 0 Å². The van der Waals surface area contributed by atoms with Crippen LogP contribution in [-0.2, 0) is 4.74 Å². The number of benzene rings is 1. The Kier molecular flexibility index (Phi) is 3.85. The van der Waals surface area contributed by atoms with E-state index in [2.05, 4.69) is 0 Å². The Balaban J connectivity index is 2.17. The molecule has 1 saturated heterocycles. The lowest BCUT2D eigenvalue weighted by Gasteiger charge is -2.25. The van der Waals surface area contributed by atoms with Crippen molar-refractivity contribution in [1.29, 1.82) is 0 Å². The lowest BCUT2D eigenvalue weighted by molar-refractivity contribution is 0.0581. The molecule has 1 heterocycles. The SMILES string of the molecule is CN(C(=O)c1ccc(F)c(Cl)c1)[C@@H]1COC[C@H]1O. The van der Waals surface area contributed by atoms with Crippen LogP contribution in [0.25, 0.3) is 0 Å². The van der Waals surface area contributed by atoms with E-state index in [0.29, 0.717) is 6.61 Å². The van der Waals surface area contributed by atoms with E-state index in [0.717, 1.165) is 6.07 Å². The number of ether oxygens (including phenoxy) is 1. The van der Waals surface area contributed by atoms with Crippen molar-refractivity contribution in [3.05, 3.63) is 34.6 Å². The normalized spacial score (nSPS) is 23.1. The second-order valence-electron chi connectivity index (χ2n) is 4.22. The molecule has 0 aromatic heterocycles. The summed E-state index contributed by atoms with van der Waals surface area (Å²) in [7, 11) is 1.57. The number of aliphatic hydroxyl groups is 1. The van der Waals surface area contributed by atoms with Crippen LogP contribution in [0.2, 0.25) is 5.02 Å². The van der Waals surface area contributed by atoms with Gasteiger partial charge < -0.3 is 14.7 Å². The molecule has 1 N–H and O–H groups in total. The monoisotopic (exact) mass is 273 g/mol. The highest BCUT2D eigenvalue weighted by Gasteiger charge is 2.32. The maximum absolute atomic E-state index is 13.0. The third-order valence-electron chi connectivity index (χ3n) is 3.01. The molecule has 1 fully saturated rings. The van der Waals surface area contributed by atoms with Gasteiger partial charge in [-0.1, -0.05) is 11.6 Å². The number of hydrogen-bond acceptors (Lipinski definition) is 3. The molecule has 0 spiro atoms. The van der Waals surface area contributed by atoms with Gasteiger partial charge in [0.2, 0.25) is 0 Å². The van der Waals surface area contributed by atoms with E-state index in [1.54, 1.807) is 7.05 Å². The lowest BCUT2D eigenvalue weighted by Crippen LogP contribution is -2.44. The summed E-state index contributed by atoms with van der Waals surface area (Å²) < 4.78 is 18.1. The molecule has 1 aromatic carbocycles. The van der Waals surface area contributed by atoms with E-state index >= 15 is 0 Å². The number of carbonyl (C=O) groups excluding carboxylic acids is 1. The maximum Gasteiger partial charge on any atom is 0.254 e. The van der Waals surface area contributed by atoms with Crippen LogP contribution < -0.4 is 0 Å². The molecular formula is C12H13ClFNO3. The Bertz CT molecular complexity index is 469. The van der Waals surface area contributed by atoms with Crippen molar-refractivity contribution >= 4 is 17.5 Å². The van der Waals surface area contributed by atoms with Gasteiger partial charge in [0.05, 0.1) is 30.4 Å². The molecule has 0 saturated carbocycles. The minimum Gasteiger partial charge on any atom is -0.388 e. The van der Waals surface area contributed by atoms with Crippen molar-refractivity contribution in [2.75, 3.05) is 20.3 Å². The summed E-state index contributed by atoms with van der Waals surface area (Å²) in [6, 6.07) is 3.40. The highest BCUT2D eigenvalue weighted by Crippen LogP contribution is 2.19. The minimum atomic E-state index is -0.699. The van der Waals surface area contributed by atoms with Crippen LogP contribution in [0.5, 0.6) is 0 Å². The molecule has 18 heavy (non-hydrogen) atoms. The number of nitrogens with zero attached hydrogens (tertiary/aromatic N) is 1. The first kappa shape index (κ1) is 13.3. The molecule has 98 valence electrons. The van der Waals surface area contributed by atoms with Gasteiger partial charge in [-0.05, 0) is 18.2 Å². The van der Waals surface area contributed by atoms with E-state index in [1.165, 1.54) is 17.0 Å². The van der Waals surface area contributed by atoms with E-state index in [4.69, 9.17) is 16.3 Å². The summed E-state index contributed by atoms with van der Waals surface area (Å²) in [5.74, 6) is -0.897. The summed E-state index contributed by atoms with van der Waals surface area (Å²) in [5.41, 5.74) is 0.281. The lowest BCUT2D eigenvalue weighted by atomic mass is 10.1. The minimum absolute atomic E-state index is 0.0996.